The zero-order chi connectivity index (χ0) is 14.0. The average Bonchev–Trinajstić information content (AvgIpc) is 2.52. The van der Waals surface area contributed by atoms with Crippen LogP contribution in [0.5, 0.6) is 0 Å². The fourth-order valence-corrected chi connectivity index (χ4v) is 5.80. The smallest absolute Gasteiger partial charge is 0.0636 e. The summed E-state index contributed by atoms with van der Waals surface area (Å²) in [4.78, 5) is 0. The standard InChI is InChI=1S/C18H30OSi/c1-2-3-4-8-13-17(16-11-6-5-7-12-16)20-18-14-9-10-15-19-18/h5-7,11-12,17-18H,2-4,8-10,13-15,20H2,1H3. The van der Waals surface area contributed by atoms with Gasteiger partial charge >= 0.3 is 0 Å². The number of benzene rings is 1. The summed E-state index contributed by atoms with van der Waals surface area (Å²) in [6.45, 7) is 3.30. The van der Waals surface area contributed by atoms with Crippen LogP contribution in [0, 0.1) is 0 Å². The fourth-order valence-electron chi connectivity index (χ4n) is 3.27. The second kappa shape index (κ2) is 9.35. The molecule has 0 aromatic heterocycles. The molecule has 112 valence electrons. The van der Waals surface area contributed by atoms with Crippen molar-refractivity contribution >= 4 is 9.52 Å². The third kappa shape index (κ3) is 5.41. The van der Waals surface area contributed by atoms with E-state index in [1.54, 1.807) is 5.56 Å². The molecule has 1 aliphatic heterocycles. The van der Waals surface area contributed by atoms with E-state index in [1.165, 1.54) is 51.4 Å². The highest BCUT2D eigenvalue weighted by Gasteiger charge is 2.21. The third-order valence-electron chi connectivity index (χ3n) is 4.50. The van der Waals surface area contributed by atoms with Crippen molar-refractivity contribution in [2.45, 2.75) is 69.6 Å². The van der Waals surface area contributed by atoms with Gasteiger partial charge in [-0.2, -0.15) is 0 Å². The SMILES string of the molecule is CCCCCCC([SiH2]C1CCCCO1)c1ccccc1. The zero-order valence-corrected chi connectivity index (χ0v) is 14.4. The Morgan fingerprint density at radius 1 is 1.15 bits per heavy atom. The second-order valence-corrected chi connectivity index (χ2v) is 8.55. The van der Waals surface area contributed by atoms with Gasteiger partial charge in [-0.25, -0.2) is 0 Å². The van der Waals surface area contributed by atoms with Gasteiger partial charge in [0.25, 0.3) is 0 Å². The second-order valence-electron chi connectivity index (χ2n) is 6.18. The zero-order valence-electron chi connectivity index (χ0n) is 13.0. The van der Waals surface area contributed by atoms with Crippen LogP contribution in [-0.4, -0.2) is 21.9 Å². The van der Waals surface area contributed by atoms with Gasteiger partial charge in [0.2, 0.25) is 0 Å². The molecule has 1 aliphatic rings. The minimum atomic E-state index is -0.175. The normalized spacial score (nSPS) is 21.4. The van der Waals surface area contributed by atoms with E-state index in [0.717, 1.165) is 12.1 Å². The van der Waals surface area contributed by atoms with E-state index in [0.29, 0.717) is 5.73 Å². The van der Waals surface area contributed by atoms with Crippen molar-refractivity contribution in [3.05, 3.63) is 35.9 Å². The highest BCUT2D eigenvalue weighted by atomic mass is 28.2. The first-order chi connectivity index (χ1) is 9.90. The molecule has 2 rings (SSSR count). The summed E-state index contributed by atoms with van der Waals surface area (Å²) in [5, 5.41) is 0. The highest BCUT2D eigenvalue weighted by molar-refractivity contribution is 6.39. The molecule has 1 saturated heterocycles. The van der Waals surface area contributed by atoms with Gasteiger partial charge in [0.05, 0.1) is 9.52 Å². The fraction of sp³-hybridized carbons (Fsp3) is 0.667. The molecule has 0 spiro atoms. The lowest BCUT2D eigenvalue weighted by Gasteiger charge is -2.27. The van der Waals surface area contributed by atoms with Crippen LogP contribution in [0.4, 0.5) is 0 Å². The Hall–Kier alpha value is -0.603. The van der Waals surface area contributed by atoms with Crippen molar-refractivity contribution in [1.29, 1.82) is 0 Å². The van der Waals surface area contributed by atoms with Crippen molar-refractivity contribution in [2.75, 3.05) is 6.61 Å². The molecule has 2 heteroatoms. The lowest BCUT2D eigenvalue weighted by atomic mass is 10.0. The molecule has 1 aromatic carbocycles. The van der Waals surface area contributed by atoms with Crippen LogP contribution in [0.1, 0.15) is 69.4 Å². The maximum Gasteiger partial charge on any atom is 0.0636 e. The van der Waals surface area contributed by atoms with Crippen molar-refractivity contribution < 1.29 is 4.74 Å². The molecule has 20 heavy (non-hydrogen) atoms. The Morgan fingerprint density at radius 3 is 2.70 bits per heavy atom. The molecule has 1 heterocycles. The topological polar surface area (TPSA) is 9.23 Å². The molecule has 0 aliphatic carbocycles. The van der Waals surface area contributed by atoms with E-state index >= 15 is 0 Å². The largest absolute Gasteiger partial charge is 0.382 e. The summed E-state index contributed by atoms with van der Waals surface area (Å²) in [6.07, 6.45) is 10.9. The van der Waals surface area contributed by atoms with Gasteiger partial charge in [-0.15, -0.1) is 0 Å². The van der Waals surface area contributed by atoms with Crippen LogP contribution >= 0.6 is 0 Å². The van der Waals surface area contributed by atoms with E-state index in [1.807, 2.05) is 0 Å². The Kier molecular flexibility index (Phi) is 7.38. The van der Waals surface area contributed by atoms with Gasteiger partial charge < -0.3 is 4.74 Å². The molecule has 2 atom stereocenters. The monoisotopic (exact) mass is 290 g/mol. The summed E-state index contributed by atoms with van der Waals surface area (Å²) in [6, 6.07) is 11.2. The van der Waals surface area contributed by atoms with Crippen molar-refractivity contribution in [2.24, 2.45) is 0 Å². The van der Waals surface area contributed by atoms with Gasteiger partial charge in [-0.05, 0) is 36.8 Å². The lowest BCUT2D eigenvalue weighted by molar-refractivity contribution is 0.0642. The molecule has 0 amide bonds. The molecular weight excluding hydrogens is 260 g/mol. The molecule has 1 fully saturated rings. The molecule has 0 radical (unpaired) electrons. The average molecular weight is 291 g/mol. The predicted molar refractivity (Wildman–Crippen MR) is 90.1 cm³/mol. The number of rotatable bonds is 8. The van der Waals surface area contributed by atoms with Crippen molar-refractivity contribution in [3.63, 3.8) is 0 Å². The minimum absolute atomic E-state index is 0.175. The number of ether oxygens (including phenoxy) is 1. The number of hydrogen-bond acceptors (Lipinski definition) is 1. The lowest BCUT2D eigenvalue weighted by Crippen LogP contribution is -2.29. The summed E-state index contributed by atoms with van der Waals surface area (Å²) < 4.78 is 6.02. The van der Waals surface area contributed by atoms with Crippen LogP contribution < -0.4 is 0 Å². The molecule has 2 unspecified atom stereocenters. The summed E-state index contributed by atoms with van der Waals surface area (Å²) in [5.41, 5.74) is 3.04. The van der Waals surface area contributed by atoms with Crippen LogP contribution in [0.3, 0.4) is 0 Å². The third-order valence-corrected chi connectivity index (χ3v) is 7.12. The Morgan fingerprint density at radius 2 is 2.00 bits per heavy atom. The quantitative estimate of drug-likeness (QED) is 0.509. The Labute approximate surface area is 126 Å². The van der Waals surface area contributed by atoms with Crippen LogP contribution in [-0.2, 0) is 4.74 Å². The van der Waals surface area contributed by atoms with Gasteiger partial charge in [0.1, 0.15) is 0 Å². The summed E-state index contributed by atoms with van der Waals surface area (Å²) in [5.74, 6) is 0. The maximum absolute atomic E-state index is 6.02. The molecule has 1 aromatic rings. The van der Waals surface area contributed by atoms with E-state index in [2.05, 4.69) is 37.3 Å². The highest BCUT2D eigenvalue weighted by Crippen LogP contribution is 2.25. The van der Waals surface area contributed by atoms with E-state index in [4.69, 9.17) is 4.74 Å². The minimum Gasteiger partial charge on any atom is -0.382 e. The Bertz CT molecular complexity index is 346. The van der Waals surface area contributed by atoms with E-state index < -0.39 is 0 Å². The molecule has 1 nitrogen and oxygen atoms in total. The summed E-state index contributed by atoms with van der Waals surface area (Å²) in [7, 11) is -0.175. The molecular formula is C18H30OSi. The van der Waals surface area contributed by atoms with Crippen LogP contribution in [0.2, 0.25) is 0 Å². The van der Waals surface area contributed by atoms with Gasteiger partial charge in [0.15, 0.2) is 0 Å². The van der Waals surface area contributed by atoms with Crippen LogP contribution in [0.15, 0.2) is 30.3 Å². The maximum atomic E-state index is 6.02. The van der Waals surface area contributed by atoms with E-state index in [9.17, 15) is 0 Å². The predicted octanol–water partition coefficient (Wildman–Crippen LogP) is 4.39. The number of hydrogen-bond donors (Lipinski definition) is 0. The van der Waals surface area contributed by atoms with E-state index in [-0.39, 0.29) is 9.52 Å². The first-order valence-corrected chi connectivity index (χ1v) is 10.2. The van der Waals surface area contributed by atoms with Crippen molar-refractivity contribution in [3.8, 4) is 0 Å². The first kappa shape index (κ1) is 15.8. The van der Waals surface area contributed by atoms with Gasteiger partial charge in [-0.1, -0.05) is 62.9 Å². The number of unbranched alkanes of at least 4 members (excludes halogenated alkanes) is 3. The first-order valence-electron chi connectivity index (χ1n) is 8.56. The molecule has 0 N–H and O–H groups in total. The molecule has 0 saturated carbocycles. The van der Waals surface area contributed by atoms with Crippen molar-refractivity contribution in [1.82, 2.24) is 0 Å². The van der Waals surface area contributed by atoms with Crippen LogP contribution in [0.25, 0.3) is 0 Å². The van der Waals surface area contributed by atoms with Gasteiger partial charge in [0, 0.05) is 12.3 Å². The van der Waals surface area contributed by atoms with Gasteiger partial charge in [-0.3, -0.25) is 0 Å². The molecule has 0 bridgehead atoms. The summed E-state index contributed by atoms with van der Waals surface area (Å²) >= 11 is 0. The Balaban J connectivity index is 1.89.